The molecular formula is C17H19NO3. The van der Waals surface area contributed by atoms with Gasteiger partial charge in [0.25, 0.3) is 0 Å². The monoisotopic (exact) mass is 285 g/mol. The molecule has 2 aromatic rings. The van der Waals surface area contributed by atoms with Crippen molar-refractivity contribution in [1.82, 2.24) is 5.32 Å². The molecule has 0 aliphatic heterocycles. The van der Waals surface area contributed by atoms with E-state index in [1.807, 2.05) is 60.7 Å². The lowest BCUT2D eigenvalue weighted by atomic mass is 9.99. The maximum absolute atomic E-state index is 11.3. The number of hydrogen-bond acceptors (Lipinski definition) is 3. The molecule has 0 aliphatic carbocycles. The molecule has 0 fully saturated rings. The summed E-state index contributed by atoms with van der Waals surface area (Å²) in [6.07, 6.45) is 0. The molecule has 0 spiro atoms. The fourth-order valence-corrected chi connectivity index (χ4v) is 2.04. The van der Waals surface area contributed by atoms with Crippen LogP contribution >= 0.6 is 0 Å². The molecule has 4 heteroatoms. The van der Waals surface area contributed by atoms with Gasteiger partial charge in [0.2, 0.25) is 0 Å². The Morgan fingerprint density at radius 3 is 2.29 bits per heavy atom. The topological polar surface area (TPSA) is 58.6 Å². The summed E-state index contributed by atoms with van der Waals surface area (Å²) in [5, 5.41) is 12.4. The number of carboxylic acid groups (broad SMARTS) is 1. The third-order valence-electron chi connectivity index (χ3n) is 3.14. The van der Waals surface area contributed by atoms with Gasteiger partial charge in [0.05, 0.1) is 5.92 Å². The zero-order chi connectivity index (χ0) is 14.9. The lowest BCUT2D eigenvalue weighted by Gasteiger charge is -2.14. The van der Waals surface area contributed by atoms with Gasteiger partial charge in [0, 0.05) is 13.1 Å². The number of ether oxygens (including phenoxy) is 1. The van der Waals surface area contributed by atoms with Gasteiger partial charge in [-0.05, 0) is 17.7 Å². The van der Waals surface area contributed by atoms with Gasteiger partial charge in [-0.15, -0.1) is 0 Å². The maximum atomic E-state index is 11.3. The van der Waals surface area contributed by atoms with E-state index in [1.54, 1.807) is 0 Å². The van der Waals surface area contributed by atoms with Crippen molar-refractivity contribution in [2.75, 3.05) is 19.7 Å². The van der Waals surface area contributed by atoms with E-state index in [9.17, 15) is 9.90 Å². The van der Waals surface area contributed by atoms with E-state index in [-0.39, 0.29) is 0 Å². The van der Waals surface area contributed by atoms with Crippen LogP contribution in [0.1, 0.15) is 11.5 Å². The zero-order valence-electron chi connectivity index (χ0n) is 11.7. The zero-order valence-corrected chi connectivity index (χ0v) is 11.7. The summed E-state index contributed by atoms with van der Waals surface area (Å²) in [6, 6.07) is 18.8. The molecule has 0 amide bonds. The smallest absolute Gasteiger partial charge is 0.312 e. The van der Waals surface area contributed by atoms with Crippen LogP contribution in [0.2, 0.25) is 0 Å². The highest BCUT2D eigenvalue weighted by Gasteiger charge is 2.18. The molecule has 0 aromatic heterocycles. The van der Waals surface area contributed by atoms with Crippen LogP contribution in [-0.2, 0) is 4.79 Å². The average molecular weight is 285 g/mol. The summed E-state index contributed by atoms with van der Waals surface area (Å²) in [6.45, 7) is 1.49. The number of para-hydroxylation sites is 1. The Morgan fingerprint density at radius 1 is 1.05 bits per heavy atom. The summed E-state index contributed by atoms with van der Waals surface area (Å²) < 4.78 is 5.54. The highest BCUT2D eigenvalue weighted by molar-refractivity contribution is 5.76. The average Bonchev–Trinajstić information content (AvgIpc) is 2.52. The van der Waals surface area contributed by atoms with E-state index in [0.717, 1.165) is 11.3 Å². The van der Waals surface area contributed by atoms with Crippen molar-refractivity contribution in [3.63, 3.8) is 0 Å². The molecule has 0 radical (unpaired) electrons. The largest absolute Gasteiger partial charge is 0.492 e. The van der Waals surface area contributed by atoms with Crippen LogP contribution < -0.4 is 10.1 Å². The quantitative estimate of drug-likeness (QED) is 0.732. The normalized spacial score (nSPS) is 11.8. The first-order valence-electron chi connectivity index (χ1n) is 6.93. The van der Waals surface area contributed by atoms with Gasteiger partial charge in [0.15, 0.2) is 0 Å². The van der Waals surface area contributed by atoms with E-state index < -0.39 is 11.9 Å². The predicted octanol–water partition coefficient (Wildman–Crippen LogP) is 2.52. The van der Waals surface area contributed by atoms with E-state index in [4.69, 9.17) is 4.74 Å². The Hall–Kier alpha value is -2.33. The van der Waals surface area contributed by atoms with E-state index >= 15 is 0 Å². The molecule has 0 bridgehead atoms. The molecule has 1 unspecified atom stereocenters. The van der Waals surface area contributed by atoms with Crippen LogP contribution in [0.15, 0.2) is 60.7 Å². The Kier molecular flexibility index (Phi) is 5.79. The van der Waals surface area contributed by atoms with Crippen molar-refractivity contribution >= 4 is 5.97 Å². The minimum Gasteiger partial charge on any atom is -0.492 e. The Labute approximate surface area is 124 Å². The predicted molar refractivity (Wildman–Crippen MR) is 81.6 cm³/mol. The third kappa shape index (κ3) is 4.93. The molecule has 2 N–H and O–H groups in total. The van der Waals surface area contributed by atoms with Gasteiger partial charge in [0.1, 0.15) is 12.4 Å². The van der Waals surface area contributed by atoms with Crippen LogP contribution in [0, 0.1) is 0 Å². The Morgan fingerprint density at radius 2 is 1.67 bits per heavy atom. The molecule has 0 heterocycles. The number of carboxylic acids is 1. The molecule has 2 aromatic carbocycles. The van der Waals surface area contributed by atoms with Crippen molar-refractivity contribution in [1.29, 1.82) is 0 Å². The molecule has 110 valence electrons. The fourth-order valence-electron chi connectivity index (χ4n) is 2.04. The summed E-state index contributed by atoms with van der Waals surface area (Å²) in [5.41, 5.74) is 0.807. The van der Waals surface area contributed by atoms with Crippen LogP contribution in [0.25, 0.3) is 0 Å². The summed E-state index contributed by atoms with van der Waals surface area (Å²) in [5.74, 6) is -0.544. The number of carbonyl (C=O) groups is 1. The highest BCUT2D eigenvalue weighted by Crippen LogP contribution is 2.14. The molecule has 1 atom stereocenters. The second-order valence-corrected chi connectivity index (χ2v) is 4.67. The Balaban J connectivity index is 1.74. The summed E-state index contributed by atoms with van der Waals surface area (Å²) >= 11 is 0. The molecular weight excluding hydrogens is 266 g/mol. The summed E-state index contributed by atoms with van der Waals surface area (Å²) in [7, 11) is 0. The number of benzene rings is 2. The number of nitrogens with one attached hydrogen (secondary N) is 1. The van der Waals surface area contributed by atoms with Gasteiger partial charge in [-0.2, -0.15) is 0 Å². The van der Waals surface area contributed by atoms with Gasteiger partial charge in [-0.3, -0.25) is 4.79 Å². The van der Waals surface area contributed by atoms with Crippen molar-refractivity contribution in [2.24, 2.45) is 0 Å². The minimum atomic E-state index is -0.822. The van der Waals surface area contributed by atoms with Gasteiger partial charge in [-0.25, -0.2) is 0 Å². The first-order valence-corrected chi connectivity index (χ1v) is 6.93. The highest BCUT2D eigenvalue weighted by atomic mass is 16.5. The molecule has 2 rings (SSSR count). The standard InChI is InChI=1S/C17H19NO3/c19-17(20)16(14-7-3-1-4-8-14)13-18-11-12-21-15-9-5-2-6-10-15/h1-10,16,18H,11-13H2,(H,19,20). The summed E-state index contributed by atoms with van der Waals surface area (Å²) in [4.78, 5) is 11.3. The Bertz CT molecular complexity index is 542. The van der Waals surface area contributed by atoms with Crippen molar-refractivity contribution in [3.05, 3.63) is 66.2 Å². The second-order valence-electron chi connectivity index (χ2n) is 4.67. The van der Waals surface area contributed by atoms with Crippen LogP contribution in [0.3, 0.4) is 0 Å². The van der Waals surface area contributed by atoms with Crippen LogP contribution in [0.4, 0.5) is 0 Å². The van der Waals surface area contributed by atoms with Crippen LogP contribution in [-0.4, -0.2) is 30.8 Å². The van der Waals surface area contributed by atoms with Crippen molar-refractivity contribution in [3.8, 4) is 5.75 Å². The number of rotatable bonds is 8. The van der Waals surface area contributed by atoms with Gasteiger partial charge in [-0.1, -0.05) is 48.5 Å². The lowest BCUT2D eigenvalue weighted by Crippen LogP contribution is -2.29. The third-order valence-corrected chi connectivity index (χ3v) is 3.14. The SMILES string of the molecule is O=C(O)C(CNCCOc1ccccc1)c1ccccc1. The number of hydrogen-bond donors (Lipinski definition) is 2. The molecule has 0 saturated heterocycles. The number of aliphatic carboxylic acids is 1. The van der Waals surface area contributed by atoms with E-state index in [1.165, 1.54) is 0 Å². The van der Waals surface area contributed by atoms with Gasteiger partial charge < -0.3 is 15.2 Å². The molecule has 4 nitrogen and oxygen atoms in total. The fraction of sp³-hybridized carbons (Fsp3) is 0.235. The van der Waals surface area contributed by atoms with Crippen LogP contribution in [0.5, 0.6) is 5.75 Å². The molecule has 0 aliphatic rings. The second kappa shape index (κ2) is 8.07. The molecule has 21 heavy (non-hydrogen) atoms. The van der Waals surface area contributed by atoms with Crippen molar-refractivity contribution in [2.45, 2.75) is 5.92 Å². The van der Waals surface area contributed by atoms with E-state index in [2.05, 4.69) is 5.32 Å². The first-order chi connectivity index (χ1) is 10.3. The van der Waals surface area contributed by atoms with Gasteiger partial charge >= 0.3 is 5.97 Å². The minimum absolute atomic E-state index is 0.386. The maximum Gasteiger partial charge on any atom is 0.312 e. The lowest BCUT2D eigenvalue weighted by molar-refractivity contribution is -0.138. The van der Waals surface area contributed by atoms with Crippen molar-refractivity contribution < 1.29 is 14.6 Å². The van der Waals surface area contributed by atoms with E-state index in [0.29, 0.717) is 19.7 Å². The molecule has 0 saturated carbocycles. The first kappa shape index (κ1) is 15.1.